The van der Waals surface area contributed by atoms with E-state index in [4.69, 9.17) is 0 Å². The molecule has 22 heavy (non-hydrogen) atoms. The molecule has 1 N–H and O–H groups in total. The monoisotopic (exact) mass is 296 g/mol. The van der Waals surface area contributed by atoms with Crippen LogP contribution < -0.4 is 5.32 Å². The second-order valence-electron chi connectivity index (χ2n) is 4.85. The van der Waals surface area contributed by atoms with Crippen LogP contribution in [0.15, 0.2) is 48.5 Å². The van der Waals surface area contributed by atoms with Gasteiger partial charge >= 0.3 is 0 Å². The first-order chi connectivity index (χ1) is 10.5. The van der Waals surface area contributed by atoms with Crippen LogP contribution >= 0.6 is 0 Å². The summed E-state index contributed by atoms with van der Waals surface area (Å²) in [6.45, 7) is 1.95. The van der Waals surface area contributed by atoms with E-state index in [2.05, 4.69) is 5.32 Å². The summed E-state index contributed by atoms with van der Waals surface area (Å²) in [5, 5.41) is 13.8. The van der Waals surface area contributed by atoms with E-state index in [1.807, 2.05) is 19.1 Å². The average Bonchev–Trinajstić information content (AvgIpc) is 2.53. The second kappa shape index (κ2) is 6.67. The summed E-state index contributed by atoms with van der Waals surface area (Å²) in [6, 6.07) is 12.0. The standard InChI is InChI=1S/C17H16N2O3/c1-12-3-7-14(8-4-12)17(20)10-6-13-5-9-15(18-2)16(11-13)19(21)22/h3-11,18H,1-2H3/b10-6+. The number of nitro benzene ring substituents is 1. The minimum atomic E-state index is -0.453. The van der Waals surface area contributed by atoms with Crippen molar-refractivity contribution in [2.45, 2.75) is 6.92 Å². The molecule has 0 saturated heterocycles. The predicted octanol–water partition coefficient (Wildman–Crippen LogP) is 3.84. The molecule has 0 fully saturated rings. The van der Waals surface area contributed by atoms with Gasteiger partial charge in [-0.15, -0.1) is 0 Å². The highest BCUT2D eigenvalue weighted by Crippen LogP contribution is 2.25. The van der Waals surface area contributed by atoms with Crippen molar-refractivity contribution in [1.82, 2.24) is 0 Å². The van der Waals surface area contributed by atoms with Gasteiger partial charge in [0.15, 0.2) is 5.78 Å². The Bertz CT molecular complexity index is 734. The predicted molar refractivity (Wildman–Crippen MR) is 87.2 cm³/mol. The maximum atomic E-state index is 12.0. The number of rotatable bonds is 5. The van der Waals surface area contributed by atoms with E-state index in [-0.39, 0.29) is 11.5 Å². The Morgan fingerprint density at radius 2 is 1.86 bits per heavy atom. The fourth-order valence-corrected chi connectivity index (χ4v) is 2.00. The molecule has 0 aliphatic rings. The molecule has 0 unspecified atom stereocenters. The van der Waals surface area contributed by atoms with Crippen LogP contribution in [0.3, 0.4) is 0 Å². The Labute approximate surface area is 128 Å². The van der Waals surface area contributed by atoms with Gasteiger partial charge in [-0.25, -0.2) is 0 Å². The zero-order chi connectivity index (χ0) is 16.1. The third-order valence-corrected chi connectivity index (χ3v) is 3.25. The maximum absolute atomic E-state index is 12.0. The molecule has 5 nitrogen and oxygen atoms in total. The first-order valence-corrected chi connectivity index (χ1v) is 6.76. The van der Waals surface area contributed by atoms with Gasteiger partial charge in [0.25, 0.3) is 5.69 Å². The molecule has 112 valence electrons. The molecule has 0 spiro atoms. The van der Waals surface area contributed by atoms with Crippen molar-refractivity contribution in [2.24, 2.45) is 0 Å². The number of carbonyl (C=O) groups is 1. The van der Waals surface area contributed by atoms with E-state index >= 15 is 0 Å². The molecule has 0 atom stereocenters. The van der Waals surface area contributed by atoms with Crippen LogP contribution in [-0.4, -0.2) is 17.8 Å². The van der Waals surface area contributed by atoms with Gasteiger partial charge in [-0.05, 0) is 24.6 Å². The lowest BCUT2D eigenvalue weighted by Crippen LogP contribution is -1.97. The molecule has 0 saturated carbocycles. The van der Waals surface area contributed by atoms with Crippen LogP contribution in [0.2, 0.25) is 0 Å². The third kappa shape index (κ3) is 3.58. The quantitative estimate of drug-likeness (QED) is 0.394. The molecule has 2 aromatic rings. The smallest absolute Gasteiger partial charge is 0.292 e. The van der Waals surface area contributed by atoms with E-state index in [1.54, 1.807) is 37.4 Å². The topological polar surface area (TPSA) is 72.2 Å². The zero-order valence-corrected chi connectivity index (χ0v) is 12.4. The number of nitro groups is 1. The lowest BCUT2D eigenvalue weighted by atomic mass is 10.1. The summed E-state index contributed by atoms with van der Waals surface area (Å²) in [6.07, 6.45) is 3.00. The first-order valence-electron chi connectivity index (χ1n) is 6.76. The molecular weight excluding hydrogens is 280 g/mol. The number of nitrogens with one attached hydrogen (secondary N) is 1. The molecule has 5 heteroatoms. The van der Waals surface area contributed by atoms with Crippen LogP contribution in [0.25, 0.3) is 6.08 Å². The van der Waals surface area contributed by atoms with Crippen LogP contribution in [0.5, 0.6) is 0 Å². The molecule has 0 amide bonds. The van der Waals surface area contributed by atoms with E-state index < -0.39 is 4.92 Å². The van der Waals surface area contributed by atoms with Crippen molar-refractivity contribution < 1.29 is 9.72 Å². The molecule has 0 aromatic heterocycles. The number of benzene rings is 2. The minimum absolute atomic E-state index is 0.0209. The molecule has 2 rings (SSSR count). The van der Waals surface area contributed by atoms with Crippen molar-refractivity contribution >= 4 is 23.2 Å². The normalized spacial score (nSPS) is 10.6. The third-order valence-electron chi connectivity index (χ3n) is 3.25. The highest BCUT2D eigenvalue weighted by Gasteiger charge is 2.12. The number of allylic oxidation sites excluding steroid dienone is 1. The molecular formula is C17H16N2O3. The zero-order valence-electron chi connectivity index (χ0n) is 12.4. The van der Waals surface area contributed by atoms with Gasteiger partial charge in [0, 0.05) is 18.7 Å². The Morgan fingerprint density at radius 1 is 1.18 bits per heavy atom. The van der Waals surface area contributed by atoms with Crippen LogP contribution in [0, 0.1) is 17.0 Å². The number of aryl methyl sites for hydroxylation is 1. The summed E-state index contributed by atoms with van der Waals surface area (Å²) in [4.78, 5) is 22.6. The maximum Gasteiger partial charge on any atom is 0.292 e. The summed E-state index contributed by atoms with van der Waals surface area (Å²) >= 11 is 0. The van der Waals surface area contributed by atoms with Gasteiger partial charge in [0.2, 0.25) is 0 Å². The number of nitrogens with zero attached hydrogens (tertiary/aromatic N) is 1. The van der Waals surface area contributed by atoms with Crippen LogP contribution in [0.1, 0.15) is 21.5 Å². The van der Waals surface area contributed by atoms with E-state index in [0.717, 1.165) is 5.56 Å². The number of carbonyl (C=O) groups excluding carboxylic acids is 1. The van der Waals surface area contributed by atoms with Crippen molar-refractivity contribution in [1.29, 1.82) is 0 Å². The molecule has 0 heterocycles. The van der Waals surface area contributed by atoms with Crippen molar-refractivity contribution in [2.75, 3.05) is 12.4 Å². The van der Waals surface area contributed by atoms with Crippen molar-refractivity contribution in [3.63, 3.8) is 0 Å². The summed E-state index contributed by atoms with van der Waals surface area (Å²) in [7, 11) is 1.62. The molecule has 0 bridgehead atoms. The van der Waals surface area contributed by atoms with Gasteiger partial charge in [0.1, 0.15) is 5.69 Å². The van der Waals surface area contributed by atoms with Gasteiger partial charge in [0.05, 0.1) is 4.92 Å². The fraction of sp³-hybridized carbons (Fsp3) is 0.118. The van der Waals surface area contributed by atoms with E-state index in [0.29, 0.717) is 16.8 Å². The number of ketones is 1. The summed E-state index contributed by atoms with van der Waals surface area (Å²) < 4.78 is 0. The SMILES string of the molecule is CNc1ccc(/C=C/C(=O)c2ccc(C)cc2)cc1[N+](=O)[O-]. The largest absolute Gasteiger partial charge is 0.383 e. The van der Waals surface area contributed by atoms with Crippen LogP contribution in [0.4, 0.5) is 11.4 Å². The Hall–Kier alpha value is -2.95. The number of hydrogen-bond donors (Lipinski definition) is 1. The summed E-state index contributed by atoms with van der Waals surface area (Å²) in [5.74, 6) is -0.139. The Balaban J connectivity index is 2.22. The van der Waals surface area contributed by atoms with E-state index in [9.17, 15) is 14.9 Å². The lowest BCUT2D eigenvalue weighted by Gasteiger charge is -2.02. The summed E-state index contributed by atoms with van der Waals surface area (Å²) in [5.41, 5.74) is 2.69. The van der Waals surface area contributed by atoms with Crippen molar-refractivity contribution in [3.05, 3.63) is 75.3 Å². The van der Waals surface area contributed by atoms with Gasteiger partial charge < -0.3 is 5.32 Å². The highest BCUT2D eigenvalue weighted by atomic mass is 16.6. The van der Waals surface area contributed by atoms with Gasteiger partial charge in [-0.2, -0.15) is 0 Å². The Morgan fingerprint density at radius 3 is 2.45 bits per heavy atom. The highest BCUT2D eigenvalue weighted by molar-refractivity contribution is 6.06. The Kier molecular flexibility index (Phi) is 4.68. The minimum Gasteiger partial charge on any atom is -0.383 e. The van der Waals surface area contributed by atoms with Gasteiger partial charge in [-0.1, -0.05) is 42.0 Å². The molecule has 0 radical (unpaired) electrons. The average molecular weight is 296 g/mol. The molecule has 2 aromatic carbocycles. The van der Waals surface area contributed by atoms with Crippen LogP contribution in [-0.2, 0) is 0 Å². The molecule has 0 aliphatic carbocycles. The van der Waals surface area contributed by atoms with Gasteiger partial charge in [-0.3, -0.25) is 14.9 Å². The molecule has 0 aliphatic heterocycles. The second-order valence-corrected chi connectivity index (χ2v) is 4.85. The number of anilines is 1. The first kappa shape index (κ1) is 15.4. The fourth-order valence-electron chi connectivity index (χ4n) is 2.00. The number of hydrogen-bond acceptors (Lipinski definition) is 4. The van der Waals surface area contributed by atoms with E-state index in [1.165, 1.54) is 12.1 Å². The lowest BCUT2D eigenvalue weighted by molar-refractivity contribution is -0.383. The van der Waals surface area contributed by atoms with Crippen molar-refractivity contribution in [3.8, 4) is 0 Å².